The van der Waals surface area contributed by atoms with Crippen molar-refractivity contribution in [1.82, 2.24) is 25.0 Å². The monoisotopic (exact) mass is 306 g/mol. The van der Waals surface area contributed by atoms with Crippen LogP contribution < -0.4 is 0 Å². The van der Waals surface area contributed by atoms with Gasteiger partial charge in [-0.3, -0.25) is 5.10 Å². The second-order valence-corrected chi connectivity index (χ2v) is 5.41. The summed E-state index contributed by atoms with van der Waals surface area (Å²) >= 11 is 0. The van der Waals surface area contributed by atoms with E-state index in [1.54, 1.807) is 29.2 Å². The van der Waals surface area contributed by atoms with Gasteiger partial charge in [0.1, 0.15) is 0 Å². The van der Waals surface area contributed by atoms with Gasteiger partial charge < -0.3 is 4.74 Å². The summed E-state index contributed by atoms with van der Waals surface area (Å²) in [4.78, 5) is 4.70. The molecule has 0 amide bonds. The predicted octanol–water partition coefficient (Wildman–Crippen LogP) is 2.03. The summed E-state index contributed by atoms with van der Waals surface area (Å²) in [5, 5.41) is 20.4. The first kappa shape index (κ1) is 13.7. The van der Waals surface area contributed by atoms with Gasteiger partial charge in [0, 0.05) is 18.7 Å². The molecule has 114 valence electrons. The number of nitrogens with zero attached hydrogens (tertiary/aromatic N) is 5. The zero-order valence-corrected chi connectivity index (χ0v) is 12.3. The highest BCUT2D eigenvalue weighted by Crippen LogP contribution is 2.27. The molecule has 1 N–H and O–H groups in total. The van der Waals surface area contributed by atoms with Gasteiger partial charge in [0.25, 0.3) is 0 Å². The van der Waals surface area contributed by atoms with E-state index in [2.05, 4.69) is 21.4 Å². The van der Waals surface area contributed by atoms with Crippen LogP contribution in [0.2, 0.25) is 0 Å². The molecule has 1 fully saturated rings. The maximum absolute atomic E-state index is 8.94. The lowest BCUT2D eigenvalue weighted by atomic mass is 10.1. The fraction of sp³-hybridized carbons (Fsp3) is 0.250. The molecular weight excluding hydrogens is 292 g/mol. The standard InChI is InChI=1S/C16H14N6O/c17-7-11-1-3-14(4-2-11)22-16(13-8-18-19-9-13)20-15(21-22)12-5-6-23-10-12/h1-4,8-9,12H,5-6,10H2,(H,18,19)/t12-/m1/s1. The van der Waals surface area contributed by atoms with Crippen molar-refractivity contribution >= 4 is 0 Å². The molecule has 1 aliphatic heterocycles. The number of benzene rings is 1. The van der Waals surface area contributed by atoms with Crippen molar-refractivity contribution in [2.24, 2.45) is 0 Å². The summed E-state index contributed by atoms with van der Waals surface area (Å²) in [6, 6.07) is 9.40. The van der Waals surface area contributed by atoms with Crippen LogP contribution in [0.4, 0.5) is 0 Å². The Labute approximate surface area is 132 Å². The Hall–Kier alpha value is -2.98. The third-order valence-electron chi connectivity index (χ3n) is 3.92. The third kappa shape index (κ3) is 2.49. The summed E-state index contributed by atoms with van der Waals surface area (Å²) in [5.74, 6) is 1.73. The Morgan fingerprint density at radius 3 is 2.83 bits per heavy atom. The molecule has 0 saturated carbocycles. The van der Waals surface area contributed by atoms with Crippen LogP contribution in [0.15, 0.2) is 36.7 Å². The van der Waals surface area contributed by atoms with Crippen molar-refractivity contribution in [2.45, 2.75) is 12.3 Å². The largest absolute Gasteiger partial charge is 0.381 e. The minimum absolute atomic E-state index is 0.222. The number of hydrogen-bond acceptors (Lipinski definition) is 5. The van der Waals surface area contributed by atoms with Gasteiger partial charge in [-0.2, -0.15) is 15.5 Å². The number of hydrogen-bond donors (Lipinski definition) is 1. The Balaban J connectivity index is 1.81. The van der Waals surface area contributed by atoms with Crippen molar-refractivity contribution in [3.05, 3.63) is 48.0 Å². The fourth-order valence-corrected chi connectivity index (χ4v) is 2.66. The highest BCUT2D eigenvalue weighted by atomic mass is 16.5. The van der Waals surface area contributed by atoms with Crippen LogP contribution >= 0.6 is 0 Å². The van der Waals surface area contributed by atoms with Gasteiger partial charge in [0.15, 0.2) is 11.6 Å². The van der Waals surface area contributed by atoms with Gasteiger partial charge in [-0.05, 0) is 30.7 Å². The SMILES string of the molecule is N#Cc1ccc(-n2nc([C@@H]3CCOC3)nc2-c2cn[nH]c2)cc1. The molecule has 1 aliphatic rings. The van der Waals surface area contributed by atoms with E-state index in [0.29, 0.717) is 12.2 Å². The normalized spacial score (nSPS) is 17.3. The summed E-state index contributed by atoms with van der Waals surface area (Å²) in [5.41, 5.74) is 2.34. The van der Waals surface area contributed by atoms with Crippen LogP contribution in [0.5, 0.6) is 0 Å². The van der Waals surface area contributed by atoms with Gasteiger partial charge >= 0.3 is 0 Å². The maximum atomic E-state index is 8.94. The van der Waals surface area contributed by atoms with E-state index in [1.165, 1.54) is 0 Å². The molecule has 3 aromatic rings. The minimum atomic E-state index is 0.222. The maximum Gasteiger partial charge on any atom is 0.166 e. The Morgan fingerprint density at radius 2 is 2.17 bits per heavy atom. The van der Waals surface area contributed by atoms with Crippen LogP contribution in [-0.2, 0) is 4.74 Å². The number of aromatic amines is 1. The number of ether oxygens (including phenoxy) is 1. The smallest absolute Gasteiger partial charge is 0.166 e. The lowest BCUT2D eigenvalue weighted by Gasteiger charge is -2.04. The molecule has 4 rings (SSSR count). The second-order valence-electron chi connectivity index (χ2n) is 5.41. The summed E-state index contributed by atoms with van der Waals surface area (Å²) < 4.78 is 7.23. The average molecular weight is 306 g/mol. The van der Waals surface area contributed by atoms with E-state index in [1.807, 2.05) is 12.1 Å². The first-order chi connectivity index (χ1) is 11.3. The first-order valence-electron chi connectivity index (χ1n) is 7.39. The van der Waals surface area contributed by atoms with E-state index in [9.17, 15) is 0 Å². The lowest BCUT2D eigenvalue weighted by Crippen LogP contribution is -2.02. The van der Waals surface area contributed by atoms with Crippen LogP contribution in [-0.4, -0.2) is 38.2 Å². The summed E-state index contributed by atoms with van der Waals surface area (Å²) in [7, 11) is 0. The number of nitrogens with one attached hydrogen (secondary N) is 1. The van der Waals surface area contributed by atoms with Crippen molar-refractivity contribution in [3.63, 3.8) is 0 Å². The quantitative estimate of drug-likeness (QED) is 0.799. The molecule has 1 aromatic carbocycles. The molecule has 1 atom stereocenters. The molecule has 0 unspecified atom stereocenters. The Morgan fingerprint density at radius 1 is 1.30 bits per heavy atom. The molecular formula is C16H14N6O. The topological polar surface area (TPSA) is 92.4 Å². The number of H-pyrrole nitrogens is 1. The van der Waals surface area contributed by atoms with Crippen molar-refractivity contribution < 1.29 is 4.74 Å². The second kappa shape index (κ2) is 5.66. The van der Waals surface area contributed by atoms with Gasteiger partial charge in [0.2, 0.25) is 0 Å². The molecule has 23 heavy (non-hydrogen) atoms. The molecule has 2 aromatic heterocycles. The van der Waals surface area contributed by atoms with E-state index in [4.69, 9.17) is 15.0 Å². The van der Waals surface area contributed by atoms with E-state index < -0.39 is 0 Å². The number of aromatic nitrogens is 5. The van der Waals surface area contributed by atoms with E-state index in [0.717, 1.165) is 35.9 Å². The zero-order valence-electron chi connectivity index (χ0n) is 12.3. The van der Waals surface area contributed by atoms with Crippen LogP contribution in [0.25, 0.3) is 17.1 Å². The highest BCUT2D eigenvalue weighted by Gasteiger charge is 2.24. The third-order valence-corrected chi connectivity index (χ3v) is 3.92. The molecule has 0 bridgehead atoms. The molecule has 0 spiro atoms. The van der Waals surface area contributed by atoms with Gasteiger partial charge in [-0.15, -0.1) is 0 Å². The molecule has 7 heteroatoms. The van der Waals surface area contributed by atoms with Gasteiger partial charge in [0.05, 0.1) is 35.7 Å². The minimum Gasteiger partial charge on any atom is -0.381 e. The summed E-state index contributed by atoms with van der Waals surface area (Å²) in [6.07, 6.45) is 4.44. The van der Waals surface area contributed by atoms with Crippen LogP contribution in [0.1, 0.15) is 23.7 Å². The van der Waals surface area contributed by atoms with Crippen molar-refractivity contribution in [1.29, 1.82) is 5.26 Å². The Bertz CT molecular complexity index is 838. The molecule has 3 heterocycles. The summed E-state index contributed by atoms with van der Waals surface area (Å²) in [6.45, 7) is 1.40. The fourth-order valence-electron chi connectivity index (χ4n) is 2.66. The Kier molecular flexibility index (Phi) is 3.37. The average Bonchev–Trinajstić information content (AvgIpc) is 3.34. The van der Waals surface area contributed by atoms with E-state index in [-0.39, 0.29) is 5.92 Å². The lowest BCUT2D eigenvalue weighted by molar-refractivity contribution is 0.193. The molecule has 0 aliphatic carbocycles. The number of nitriles is 1. The molecule has 7 nitrogen and oxygen atoms in total. The van der Waals surface area contributed by atoms with Crippen LogP contribution in [0, 0.1) is 11.3 Å². The van der Waals surface area contributed by atoms with E-state index >= 15 is 0 Å². The highest BCUT2D eigenvalue weighted by molar-refractivity contribution is 5.56. The number of rotatable bonds is 3. The molecule has 1 saturated heterocycles. The van der Waals surface area contributed by atoms with Crippen LogP contribution in [0.3, 0.4) is 0 Å². The molecule has 0 radical (unpaired) electrons. The van der Waals surface area contributed by atoms with Crippen molar-refractivity contribution in [2.75, 3.05) is 13.2 Å². The van der Waals surface area contributed by atoms with Gasteiger partial charge in [-0.1, -0.05) is 0 Å². The van der Waals surface area contributed by atoms with Crippen molar-refractivity contribution in [3.8, 4) is 23.1 Å². The predicted molar refractivity (Wildman–Crippen MR) is 81.8 cm³/mol. The van der Waals surface area contributed by atoms with Gasteiger partial charge in [-0.25, -0.2) is 9.67 Å². The zero-order chi connectivity index (χ0) is 15.6. The first-order valence-corrected chi connectivity index (χ1v) is 7.39.